The topological polar surface area (TPSA) is 32.8 Å². The zero-order valence-corrected chi connectivity index (χ0v) is 11.4. The third kappa shape index (κ3) is 3.56. The van der Waals surface area contributed by atoms with E-state index in [9.17, 15) is 4.79 Å². The summed E-state index contributed by atoms with van der Waals surface area (Å²) in [5.41, 5.74) is 1.18. The van der Waals surface area contributed by atoms with Gasteiger partial charge in [0, 0.05) is 26.2 Å². The van der Waals surface area contributed by atoms with E-state index in [-0.39, 0.29) is 5.92 Å². The fraction of sp³-hybridized carbons (Fsp3) is 0.786. The second-order valence-electron chi connectivity index (χ2n) is 5.47. The van der Waals surface area contributed by atoms with E-state index in [2.05, 4.69) is 11.5 Å². The molecule has 0 N–H and O–H groups in total. The Morgan fingerprint density at radius 3 is 2.72 bits per heavy atom. The number of hydrogen-bond donors (Lipinski definition) is 0. The first-order valence-electron chi connectivity index (χ1n) is 6.90. The Kier molecular flexibility index (Phi) is 4.78. The number of morpholine rings is 1. The minimum Gasteiger partial charge on any atom is -0.378 e. The minimum atomic E-state index is 0.177. The Balaban J connectivity index is 1.87. The maximum absolute atomic E-state index is 12.4. The van der Waals surface area contributed by atoms with E-state index in [1.807, 2.05) is 11.8 Å². The van der Waals surface area contributed by atoms with Crippen molar-refractivity contribution in [3.63, 3.8) is 0 Å². The van der Waals surface area contributed by atoms with Gasteiger partial charge in [0.1, 0.15) is 0 Å². The van der Waals surface area contributed by atoms with Crippen LogP contribution in [0.5, 0.6) is 0 Å². The summed E-state index contributed by atoms with van der Waals surface area (Å²) in [6.07, 6.45) is 2.15. The van der Waals surface area contributed by atoms with Gasteiger partial charge in [-0.3, -0.25) is 9.69 Å². The molecule has 2 heterocycles. The number of piperidine rings is 1. The lowest BCUT2D eigenvalue weighted by atomic mass is 9.96. The summed E-state index contributed by atoms with van der Waals surface area (Å²) in [6, 6.07) is 0. The monoisotopic (exact) mass is 252 g/mol. The first kappa shape index (κ1) is 13.6. The van der Waals surface area contributed by atoms with Crippen LogP contribution in [0.1, 0.15) is 19.8 Å². The molecule has 1 unspecified atom stereocenters. The summed E-state index contributed by atoms with van der Waals surface area (Å²) < 4.78 is 5.30. The van der Waals surface area contributed by atoms with Crippen molar-refractivity contribution in [2.45, 2.75) is 19.8 Å². The molecule has 0 aromatic carbocycles. The molecule has 4 heteroatoms. The van der Waals surface area contributed by atoms with Gasteiger partial charge in [-0.25, -0.2) is 0 Å². The van der Waals surface area contributed by atoms with Crippen molar-refractivity contribution in [1.29, 1.82) is 0 Å². The number of rotatable bonds is 3. The van der Waals surface area contributed by atoms with E-state index in [4.69, 9.17) is 4.74 Å². The summed E-state index contributed by atoms with van der Waals surface area (Å²) in [7, 11) is 0. The second-order valence-corrected chi connectivity index (χ2v) is 5.47. The number of hydrogen-bond acceptors (Lipinski definition) is 3. The Morgan fingerprint density at radius 1 is 1.33 bits per heavy atom. The van der Waals surface area contributed by atoms with E-state index in [0.717, 1.165) is 45.6 Å². The molecule has 0 aromatic rings. The molecule has 0 aliphatic carbocycles. The predicted molar refractivity (Wildman–Crippen MR) is 71.4 cm³/mol. The number of amides is 1. The van der Waals surface area contributed by atoms with Crippen molar-refractivity contribution < 1.29 is 9.53 Å². The van der Waals surface area contributed by atoms with Crippen LogP contribution in [0.15, 0.2) is 12.2 Å². The first-order valence-corrected chi connectivity index (χ1v) is 6.90. The molecular weight excluding hydrogens is 228 g/mol. The number of carbonyl (C=O) groups is 1. The molecule has 2 fully saturated rings. The lowest BCUT2D eigenvalue weighted by Gasteiger charge is -2.36. The molecule has 2 rings (SSSR count). The Hall–Kier alpha value is -0.870. The van der Waals surface area contributed by atoms with Gasteiger partial charge in [-0.2, -0.15) is 0 Å². The molecule has 0 radical (unpaired) electrons. The molecule has 2 aliphatic rings. The predicted octanol–water partition coefficient (Wildman–Crippen LogP) is 1.13. The van der Waals surface area contributed by atoms with Gasteiger partial charge in [-0.05, 0) is 26.3 Å². The summed E-state index contributed by atoms with van der Waals surface area (Å²) >= 11 is 0. The van der Waals surface area contributed by atoms with E-state index in [1.54, 1.807) is 0 Å². The van der Waals surface area contributed by atoms with Crippen molar-refractivity contribution in [2.75, 3.05) is 45.9 Å². The maximum atomic E-state index is 12.4. The molecule has 1 amide bonds. The molecule has 0 saturated carbocycles. The summed E-state index contributed by atoms with van der Waals surface area (Å²) in [5.74, 6) is 0.501. The number of likely N-dealkylation sites (tertiary alicyclic amines) is 1. The van der Waals surface area contributed by atoms with Crippen LogP contribution in [0, 0.1) is 5.92 Å². The fourth-order valence-electron chi connectivity index (χ4n) is 2.82. The van der Waals surface area contributed by atoms with Crippen molar-refractivity contribution in [3.8, 4) is 0 Å². The van der Waals surface area contributed by atoms with Crippen LogP contribution in [0.2, 0.25) is 0 Å². The van der Waals surface area contributed by atoms with Crippen LogP contribution in [-0.4, -0.2) is 61.6 Å². The van der Waals surface area contributed by atoms with E-state index < -0.39 is 0 Å². The lowest BCUT2D eigenvalue weighted by Crippen LogP contribution is -2.48. The van der Waals surface area contributed by atoms with Crippen molar-refractivity contribution >= 4 is 5.91 Å². The highest BCUT2D eigenvalue weighted by Gasteiger charge is 2.29. The molecule has 18 heavy (non-hydrogen) atoms. The van der Waals surface area contributed by atoms with Gasteiger partial charge < -0.3 is 9.64 Å². The molecule has 2 saturated heterocycles. The van der Waals surface area contributed by atoms with E-state index in [0.29, 0.717) is 19.1 Å². The van der Waals surface area contributed by atoms with Crippen LogP contribution < -0.4 is 0 Å². The summed E-state index contributed by atoms with van der Waals surface area (Å²) in [4.78, 5) is 16.7. The van der Waals surface area contributed by atoms with Crippen LogP contribution >= 0.6 is 0 Å². The molecule has 0 aromatic heterocycles. The smallest absolute Gasteiger partial charge is 0.227 e. The standard InChI is InChI=1S/C14H24N2O2/c1-12(2)10-15-5-3-4-13(11-15)14(17)16-6-8-18-9-7-16/h13H,1,3-11H2,2H3. The Bertz CT molecular complexity index is 311. The first-order chi connectivity index (χ1) is 8.66. The number of nitrogens with zero attached hydrogens (tertiary/aromatic N) is 2. The highest BCUT2D eigenvalue weighted by atomic mass is 16.5. The van der Waals surface area contributed by atoms with Gasteiger partial charge in [-0.15, -0.1) is 0 Å². The van der Waals surface area contributed by atoms with E-state index in [1.165, 1.54) is 5.57 Å². The quantitative estimate of drug-likeness (QED) is 0.706. The summed E-state index contributed by atoms with van der Waals surface area (Å²) in [6.45, 7) is 11.8. The zero-order valence-electron chi connectivity index (χ0n) is 11.4. The van der Waals surface area contributed by atoms with Crippen molar-refractivity contribution in [3.05, 3.63) is 12.2 Å². The lowest BCUT2D eigenvalue weighted by molar-refractivity contribution is -0.141. The highest BCUT2D eigenvalue weighted by molar-refractivity contribution is 5.79. The Labute approximate surface area is 110 Å². The molecular formula is C14H24N2O2. The average Bonchev–Trinajstić information content (AvgIpc) is 2.38. The molecule has 102 valence electrons. The number of carbonyl (C=O) groups excluding carboxylic acids is 1. The SMILES string of the molecule is C=C(C)CN1CCCC(C(=O)N2CCOCC2)C1. The van der Waals surface area contributed by atoms with Crippen molar-refractivity contribution in [2.24, 2.45) is 5.92 Å². The average molecular weight is 252 g/mol. The molecule has 1 atom stereocenters. The highest BCUT2D eigenvalue weighted by Crippen LogP contribution is 2.20. The van der Waals surface area contributed by atoms with Crippen LogP contribution in [0.25, 0.3) is 0 Å². The van der Waals surface area contributed by atoms with Crippen LogP contribution in [-0.2, 0) is 9.53 Å². The van der Waals surface area contributed by atoms with E-state index >= 15 is 0 Å². The van der Waals surface area contributed by atoms with Gasteiger partial charge in [0.15, 0.2) is 0 Å². The molecule has 2 aliphatic heterocycles. The normalized spacial score (nSPS) is 26.1. The second kappa shape index (κ2) is 6.34. The van der Waals surface area contributed by atoms with Crippen LogP contribution in [0.4, 0.5) is 0 Å². The Morgan fingerprint density at radius 2 is 2.06 bits per heavy atom. The van der Waals surface area contributed by atoms with Crippen molar-refractivity contribution in [1.82, 2.24) is 9.80 Å². The van der Waals surface area contributed by atoms with Gasteiger partial charge in [0.2, 0.25) is 5.91 Å². The van der Waals surface area contributed by atoms with Gasteiger partial charge >= 0.3 is 0 Å². The van der Waals surface area contributed by atoms with Gasteiger partial charge in [-0.1, -0.05) is 12.2 Å². The van der Waals surface area contributed by atoms with Gasteiger partial charge in [0.25, 0.3) is 0 Å². The zero-order chi connectivity index (χ0) is 13.0. The molecule has 0 spiro atoms. The maximum Gasteiger partial charge on any atom is 0.227 e. The minimum absolute atomic E-state index is 0.177. The third-order valence-corrected chi connectivity index (χ3v) is 3.67. The molecule has 0 bridgehead atoms. The third-order valence-electron chi connectivity index (χ3n) is 3.67. The summed E-state index contributed by atoms with van der Waals surface area (Å²) in [5, 5.41) is 0. The largest absolute Gasteiger partial charge is 0.378 e. The van der Waals surface area contributed by atoms with Gasteiger partial charge in [0.05, 0.1) is 19.1 Å². The molecule has 4 nitrogen and oxygen atoms in total. The van der Waals surface area contributed by atoms with Crippen LogP contribution in [0.3, 0.4) is 0 Å². The fourth-order valence-corrected chi connectivity index (χ4v) is 2.82. The number of ether oxygens (including phenoxy) is 1.